The molecular weight excluding hydrogens is 385 g/mol. The van der Waals surface area contributed by atoms with Gasteiger partial charge >= 0.3 is 0 Å². The molecule has 0 aliphatic carbocycles. The first-order valence-corrected chi connectivity index (χ1v) is 11.2. The van der Waals surface area contributed by atoms with E-state index in [2.05, 4.69) is 10.2 Å². The van der Waals surface area contributed by atoms with Gasteiger partial charge in [0.05, 0.1) is 18.1 Å². The Balaban J connectivity index is 1.41. The highest BCUT2D eigenvalue weighted by atomic mass is 32.2. The number of nitrogens with zero attached hydrogens (tertiary/aromatic N) is 2. The second-order valence-corrected chi connectivity index (χ2v) is 9.17. The lowest BCUT2D eigenvalue weighted by Gasteiger charge is -2.30. The van der Waals surface area contributed by atoms with Crippen LogP contribution in [0.3, 0.4) is 0 Å². The first-order chi connectivity index (χ1) is 13.5. The molecule has 3 rings (SSSR count). The third-order valence-electron chi connectivity index (χ3n) is 5.31. The highest BCUT2D eigenvalue weighted by Crippen LogP contribution is 2.24. The molecule has 0 radical (unpaired) electrons. The largest absolute Gasteiger partial charge is 0.379 e. The van der Waals surface area contributed by atoms with Gasteiger partial charge in [-0.1, -0.05) is 6.07 Å². The van der Waals surface area contributed by atoms with E-state index in [4.69, 9.17) is 4.74 Å². The average molecular weight is 414 g/mol. The van der Waals surface area contributed by atoms with E-state index in [0.29, 0.717) is 19.4 Å². The fourth-order valence-corrected chi connectivity index (χ4v) is 5.12. The Morgan fingerprint density at radius 3 is 2.57 bits per heavy atom. The highest BCUT2D eigenvalue weighted by molar-refractivity contribution is 7.89. The van der Waals surface area contributed by atoms with Gasteiger partial charge in [0.15, 0.2) is 0 Å². The van der Waals surface area contributed by atoms with Gasteiger partial charge in [-0.25, -0.2) is 12.8 Å². The molecule has 2 aliphatic heterocycles. The predicted molar refractivity (Wildman–Crippen MR) is 103 cm³/mol. The maximum absolute atomic E-state index is 13.4. The molecule has 7 nitrogen and oxygen atoms in total. The lowest BCUT2D eigenvalue weighted by Crippen LogP contribution is -2.43. The van der Waals surface area contributed by atoms with Crippen molar-refractivity contribution in [3.05, 3.63) is 30.1 Å². The molecule has 2 fully saturated rings. The minimum atomic E-state index is -3.72. The lowest BCUT2D eigenvalue weighted by molar-refractivity contribution is -0.126. The van der Waals surface area contributed by atoms with Crippen molar-refractivity contribution >= 4 is 15.9 Å². The van der Waals surface area contributed by atoms with Crippen molar-refractivity contribution < 1.29 is 22.3 Å². The van der Waals surface area contributed by atoms with E-state index in [1.54, 1.807) is 0 Å². The topological polar surface area (TPSA) is 79.0 Å². The Morgan fingerprint density at radius 1 is 1.18 bits per heavy atom. The van der Waals surface area contributed by atoms with Gasteiger partial charge in [-0.2, -0.15) is 4.31 Å². The van der Waals surface area contributed by atoms with Crippen LogP contribution >= 0.6 is 0 Å². The van der Waals surface area contributed by atoms with Crippen molar-refractivity contribution in [2.24, 2.45) is 5.92 Å². The fourth-order valence-electron chi connectivity index (χ4n) is 3.62. The number of rotatable bonds is 7. The van der Waals surface area contributed by atoms with Crippen LogP contribution in [-0.4, -0.2) is 76.0 Å². The van der Waals surface area contributed by atoms with Gasteiger partial charge < -0.3 is 10.1 Å². The zero-order chi connectivity index (χ0) is 20.0. The molecule has 156 valence electrons. The Kier molecular flexibility index (Phi) is 7.39. The zero-order valence-electron chi connectivity index (χ0n) is 16.0. The number of carbonyl (C=O) groups excluding carboxylic acids is 1. The number of amides is 1. The van der Waals surface area contributed by atoms with E-state index in [1.807, 2.05) is 0 Å². The van der Waals surface area contributed by atoms with E-state index in [1.165, 1.54) is 22.5 Å². The van der Waals surface area contributed by atoms with Crippen molar-refractivity contribution in [3.8, 4) is 0 Å². The average Bonchev–Trinajstić information content (AvgIpc) is 2.72. The molecule has 1 aromatic rings. The standard InChI is InChI=1S/C19H28FN3O4S/c20-17-3-1-4-18(15-17)28(25,26)23-9-5-16(6-10-23)19(24)21-7-2-8-22-11-13-27-14-12-22/h1,3-4,15-16H,2,5-14H2,(H,21,24). The number of halogens is 1. The van der Waals surface area contributed by atoms with Crippen LogP contribution in [0.1, 0.15) is 19.3 Å². The summed E-state index contributed by atoms with van der Waals surface area (Å²) in [6.07, 6.45) is 1.84. The quantitative estimate of drug-likeness (QED) is 0.677. The second kappa shape index (κ2) is 9.78. The van der Waals surface area contributed by atoms with Crippen molar-refractivity contribution in [3.63, 3.8) is 0 Å². The maximum Gasteiger partial charge on any atom is 0.243 e. The normalized spacial score (nSPS) is 20.2. The summed E-state index contributed by atoms with van der Waals surface area (Å²) in [6.45, 7) is 5.51. The third kappa shape index (κ3) is 5.50. The Morgan fingerprint density at radius 2 is 1.89 bits per heavy atom. The molecule has 1 aromatic carbocycles. The molecule has 9 heteroatoms. The molecule has 1 amide bonds. The van der Waals surface area contributed by atoms with Gasteiger partial charge in [0.25, 0.3) is 0 Å². The van der Waals surface area contributed by atoms with Crippen molar-refractivity contribution in [1.29, 1.82) is 0 Å². The molecular formula is C19H28FN3O4S. The number of benzene rings is 1. The summed E-state index contributed by atoms with van der Waals surface area (Å²) in [5, 5.41) is 2.97. The van der Waals surface area contributed by atoms with Gasteiger partial charge in [0.1, 0.15) is 5.82 Å². The number of hydrogen-bond donors (Lipinski definition) is 1. The SMILES string of the molecule is O=C(NCCCN1CCOCC1)C1CCN(S(=O)(=O)c2cccc(F)c2)CC1. The minimum Gasteiger partial charge on any atom is -0.379 e. The van der Waals surface area contributed by atoms with Crippen LogP contribution in [0.15, 0.2) is 29.2 Å². The second-order valence-electron chi connectivity index (χ2n) is 7.23. The van der Waals surface area contributed by atoms with Gasteiger partial charge in [-0.3, -0.25) is 9.69 Å². The minimum absolute atomic E-state index is 0.00946. The molecule has 0 bridgehead atoms. The first kappa shape index (κ1) is 21.2. The number of morpholine rings is 1. The van der Waals surface area contributed by atoms with E-state index in [0.717, 1.165) is 45.3 Å². The third-order valence-corrected chi connectivity index (χ3v) is 7.21. The van der Waals surface area contributed by atoms with E-state index < -0.39 is 15.8 Å². The van der Waals surface area contributed by atoms with E-state index in [9.17, 15) is 17.6 Å². The summed E-state index contributed by atoms with van der Waals surface area (Å²) in [5.41, 5.74) is 0. The van der Waals surface area contributed by atoms with Crippen LogP contribution in [-0.2, 0) is 19.6 Å². The zero-order valence-corrected chi connectivity index (χ0v) is 16.8. The van der Waals surface area contributed by atoms with Gasteiger partial charge in [0.2, 0.25) is 15.9 Å². The van der Waals surface area contributed by atoms with Crippen LogP contribution in [0, 0.1) is 11.7 Å². The van der Waals surface area contributed by atoms with E-state index in [-0.39, 0.29) is 29.8 Å². The molecule has 0 unspecified atom stereocenters. The van der Waals surface area contributed by atoms with Gasteiger partial charge in [0, 0.05) is 38.6 Å². The number of nitrogens with one attached hydrogen (secondary N) is 1. The molecule has 0 saturated carbocycles. The molecule has 1 N–H and O–H groups in total. The summed E-state index contributed by atoms with van der Waals surface area (Å²) >= 11 is 0. The van der Waals surface area contributed by atoms with Crippen LogP contribution in [0.2, 0.25) is 0 Å². The summed E-state index contributed by atoms with van der Waals surface area (Å²) in [7, 11) is -3.72. The number of carbonyl (C=O) groups is 1. The Labute approximate surface area is 165 Å². The molecule has 2 heterocycles. The summed E-state index contributed by atoms with van der Waals surface area (Å²) in [4.78, 5) is 14.6. The summed E-state index contributed by atoms with van der Waals surface area (Å²) < 4.78 is 45.2. The predicted octanol–water partition coefficient (Wildman–Crippen LogP) is 1.06. The molecule has 28 heavy (non-hydrogen) atoms. The van der Waals surface area contributed by atoms with Crippen LogP contribution < -0.4 is 5.32 Å². The molecule has 0 aromatic heterocycles. The van der Waals surface area contributed by atoms with Gasteiger partial charge in [-0.05, 0) is 44.0 Å². The molecule has 2 saturated heterocycles. The van der Waals surface area contributed by atoms with Crippen molar-refractivity contribution in [2.75, 3.05) is 52.5 Å². The van der Waals surface area contributed by atoms with Gasteiger partial charge in [-0.15, -0.1) is 0 Å². The number of hydrogen-bond acceptors (Lipinski definition) is 5. The Bertz CT molecular complexity index is 760. The monoisotopic (exact) mass is 413 g/mol. The van der Waals surface area contributed by atoms with Crippen LogP contribution in [0.4, 0.5) is 4.39 Å². The van der Waals surface area contributed by atoms with E-state index >= 15 is 0 Å². The summed E-state index contributed by atoms with van der Waals surface area (Å²) in [5.74, 6) is -0.764. The molecule has 2 aliphatic rings. The van der Waals surface area contributed by atoms with Crippen molar-refractivity contribution in [2.45, 2.75) is 24.2 Å². The number of ether oxygens (including phenoxy) is 1. The van der Waals surface area contributed by atoms with Crippen LogP contribution in [0.25, 0.3) is 0 Å². The lowest BCUT2D eigenvalue weighted by atomic mass is 9.97. The summed E-state index contributed by atoms with van der Waals surface area (Å²) in [6, 6.07) is 5.03. The first-order valence-electron chi connectivity index (χ1n) is 9.80. The smallest absolute Gasteiger partial charge is 0.243 e. The Hall–Kier alpha value is -1.55. The van der Waals surface area contributed by atoms with Crippen molar-refractivity contribution in [1.82, 2.24) is 14.5 Å². The number of piperidine rings is 1. The maximum atomic E-state index is 13.4. The number of sulfonamides is 1. The highest BCUT2D eigenvalue weighted by Gasteiger charge is 2.32. The van der Waals surface area contributed by atoms with Crippen LogP contribution in [0.5, 0.6) is 0 Å². The molecule has 0 atom stereocenters. The molecule has 0 spiro atoms. The fraction of sp³-hybridized carbons (Fsp3) is 0.632.